The van der Waals surface area contributed by atoms with Gasteiger partial charge in [0.05, 0.1) is 17.5 Å². The molecule has 0 radical (unpaired) electrons. The normalized spacial score (nSPS) is 10.9. The Morgan fingerprint density at radius 2 is 1.89 bits per heavy atom. The summed E-state index contributed by atoms with van der Waals surface area (Å²) in [6.45, 7) is 2.06. The lowest BCUT2D eigenvalue weighted by Crippen LogP contribution is -2.14. The first kappa shape index (κ1) is 17.5. The summed E-state index contributed by atoms with van der Waals surface area (Å²) >= 11 is 3.42. The number of carbonyl (C=O) groups is 1. The highest BCUT2D eigenvalue weighted by atomic mass is 79.9. The quantitative estimate of drug-likeness (QED) is 0.459. The average molecular weight is 420 g/mol. The number of amides is 1. The number of halogens is 1. The molecule has 3 aromatic carbocycles. The van der Waals surface area contributed by atoms with Crippen LogP contribution in [0.25, 0.3) is 22.4 Å². The maximum absolute atomic E-state index is 12.3. The molecule has 0 bridgehead atoms. The van der Waals surface area contributed by atoms with Crippen LogP contribution in [0.4, 0.5) is 5.69 Å². The van der Waals surface area contributed by atoms with Crippen molar-refractivity contribution in [3.8, 4) is 11.4 Å². The third kappa shape index (κ3) is 4.09. The summed E-state index contributed by atoms with van der Waals surface area (Å²) in [7, 11) is 0. The number of rotatable bonds is 4. The lowest BCUT2D eigenvalue weighted by Gasteiger charge is -2.06. The van der Waals surface area contributed by atoms with Crippen molar-refractivity contribution >= 4 is 38.6 Å². The van der Waals surface area contributed by atoms with Crippen molar-refractivity contribution in [3.05, 3.63) is 82.3 Å². The molecule has 1 aromatic heterocycles. The lowest BCUT2D eigenvalue weighted by molar-refractivity contribution is -0.115. The van der Waals surface area contributed by atoms with Crippen LogP contribution >= 0.6 is 15.9 Å². The monoisotopic (exact) mass is 419 g/mol. The smallest absolute Gasteiger partial charge is 0.228 e. The number of aryl methyl sites for hydroxylation is 1. The Morgan fingerprint density at radius 3 is 2.67 bits per heavy atom. The van der Waals surface area contributed by atoms with E-state index in [-0.39, 0.29) is 5.91 Å². The highest BCUT2D eigenvalue weighted by Crippen LogP contribution is 2.23. The second-order valence-corrected chi connectivity index (χ2v) is 7.45. The van der Waals surface area contributed by atoms with Gasteiger partial charge in [-0.1, -0.05) is 34.1 Å². The molecule has 4 rings (SSSR count). The predicted octanol–water partition coefficient (Wildman–Crippen LogP) is 5.48. The molecule has 0 spiro atoms. The van der Waals surface area contributed by atoms with E-state index < -0.39 is 0 Å². The Morgan fingerprint density at radius 1 is 1.07 bits per heavy atom. The molecule has 0 aliphatic carbocycles. The molecule has 5 heteroatoms. The van der Waals surface area contributed by atoms with Crippen LogP contribution in [-0.4, -0.2) is 15.9 Å². The summed E-state index contributed by atoms with van der Waals surface area (Å²) < 4.78 is 0.971. The fraction of sp³-hybridized carbons (Fsp3) is 0.0909. The summed E-state index contributed by atoms with van der Waals surface area (Å²) in [4.78, 5) is 20.2. The lowest BCUT2D eigenvalue weighted by atomic mass is 10.1. The molecule has 27 heavy (non-hydrogen) atoms. The Bertz CT molecular complexity index is 1120. The van der Waals surface area contributed by atoms with E-state index in [1.165, 1.54) is 5.56 Å². The van der Waals surface area contributed by atoms with Gasteiger partial charge in [-0.3, -0.25) is 4.79 Å². The molecule has 1 heterocycles. The van der Waals surface area contributed by atoms with Crippen LogP contribution in [0.2, 0.25) is 0 Å². The molecule has 2 N–H and O–H groups in total. The first-order valence-corrected chi connectivity index (χ1v) is 9.47. The largest absolute Gasteiger partial charge is 0.338 e. The molecule has 0 aliphatic heterocycles. The van der Waals surface area contributed by atoms with Crippen LogP contribution in [0.5, 0.6) is 0 Å². The zero-order valence-corrected chi connectivity index (χ0v) is 16.4. The first-order valence-electron chi connectivity index (χ1n) is 8.68. The van der Waals surface area contributed by atoms with Gasteiger partial charge in [-0.15, -0.1) is 0 Å². The highest BCUT2D eigenvalue weighted by molar-refractivity contribution is 9.10. The third-order valence-corrected chi connectivity index (χ3v) is 4.83. The number of H-pyrrole nitrogens is 1. The van der Waals surface area contributed by atoms with Crippen LogP contribution < -0.4 is 5.32 Å². The second kappa shape index (κ2) is 7.37. The third-order valence-electron chi connectivity index (χ3n) is 4.33. The number of fused-ring (bicyclic) bond motifs is 1. The van der Waals surface area contributed by atoms with Crippen molar-refractivity contribution in [2.24, 2.45) is 0 Å². The molecular weight excluding hydrogens is 402 g/mol. The fourth-order valence-corrected chi connectivity index (χ4v) is 3.46. The van der Waals surface area contributed by atoms with E-state index in [1.54, 1.807) is 0 Å². The Hall–Kier alpha value is -2.92. The van der Waals surface area contributed by atoms with Gasteiger partial charge in [0.15, 0.2) is 0 Å². The molecular formula is C22H18BrN3O. The minimum atomic E-state index is -0.0416. The zero-order valence-electron chi connectivity index (χ0n) is 14.8. The van der Waals surface area contributed by atoms with Crippen LogP contribution in [0.15, 0.2) is 71.2 Å². The Balaban J connectivity index is 1.47. The maximum atomic E-state index is 12.3. The number of carbonyl (C=O) groups excluding carboxylic acids is 1. The number of nitrogens with zero attached hydrogens (tertiary/aromatic N) is 1. The van der Waals surface area contributed by atoms with Crippen LogP contribution in [0.1, 0.15) is 11.1 Å². The minimum Gasteiger partial charge on any atom is -0.338 e. The predicted molar refractivity (Wildman–Crippen MR) is 113 cm³/mol. The van der Waals surface area contributed by atoms with Gasteiger partial charge < -0.3 is 10.3 Å². The number of nitrogens with one attached hydrogen (secondary N) is 2. The van der Waals surface area contributed by atoms with Gasteiger partial charge in [-0.2, -0.15) is 0 Å². The highest BCUT2D eigenvalue weighted by Gasteiger charge is 2.08. The summed E-state index contributed by atoms with van der Waals surface area (Å²) in [6, 6.07) is 21.6. The van der Waals surface area contributed by atoms with Crippen molar-refractivity contribution in [1.82, 2.24) is 9.97 Å². The number of imidazole rings is 1. The van der Waals surface area contributed by atoms with Gasteiger partial charge in [0, 0.05) is 15.7 Å². The first-order chi connectivity index (χ1) is 13.1. The molecule has 0 aliphatic rings. The van der Waals surface area contributed by atoms with Crippen LogP contribution in [-0.2, 0) is 11.2 Å². The van der Waals surface area contributed by atoms with Gasteiger partial charge in [-0.05, 0) is 66.6 Å². The number of hydrogen-bond donors (Lipinski definition) is 2. The molecule has 0 saturated carbocycles. The summed E-state index contributed by atoms with van der Waals surface area (Å²) in [5.74, 6) is 0.780. The van der Waals surface area contributed by atoms with Gasteiger partial charge >= 0.3 is 0 Å². The summed E-state index contributed by atoms with van der Waals surface area (Å²) in [6.07, 6.45) is 0.337. The zero-order chi connectivity index (χ0) is 18.8. The number of aromatic nitrogens is 2. The molecule has 4 nitrogen and oxygen atoms in total. The van der Waals surface area contributed by atoms with Gasteiger partial charge in [0.25, 0.3) is 0 Å². The van der Waals surface area contributed by atoms with Gasteiger partial charge in [0.2, 0.25) is 5.91 Å². The molecule has 0 fully saturated rings. The Kier molecular flexibility index (Phi) is 4.77. The van der Waals surface area contributed by atoms with Gasteiger partial charge in [0.1, 0.15) is 5.82 Å². The van der Waals surface area contributed by atoms with Crippen molar-refractivity contribution in [2.45, 2.75) is 13.3 Å². The average Bonchev–Trinajstić information content (AvgIpc) is 3.05. The van der Waals surface area contributed by atoms with Crippen LogP contribution in [0.3, 0.4) is 0 Å². The number of hydrogen-bond acceptors (Lipinski definition) is 2. The minimum absolute atomic E-state index is 0.0416. The standard InChI is InChI=1S/C22H18BrN3O/c1-14-5-10-19-20(11-14)26-22(25-19)16-6-8-18(9-7-16)24-21(27)13-15-3-2-4-17(23)12-15/h2-12H,13H2,1H3,(H,24,27)(H,25,26). The summed E-state index contributed by atoms with van der Waals surface area (Å²) in [5, 5.41) is 2.94. The summed E-state index contributed by atoms with van der Waals surface area (Å²) in [5.41, 5.74) is 5.88. The van der Waals surface area contributed by atoms with Crippen molar-refractivity contribution in [3.63, 3.8) is 0 Å². The van der Waals surface area contributed by atoms with E-state index in [9.17, 15) is 4.79 Å². The van der Waals surface area contributed by atoms with Gasteiger partial charge in [-0.25, -0.2) is 4.98 Å². The SMILES string of the molecule is Cc1ccc2nc(-c3ccc(NC(=O)Cc4cccc(Br)c4)cc3)[nH]c2c1. The second-order valence-electron chi connectivity index (χ2n) is 6.54. The maximum Gasteiger partial charge on any atom is 0.228 e. The van der Waals surface area contributed by atoms with E-state index in [4.69, 9.17) is 0 Å². The molecule has 1 amide bonds. The van der Waals surface area contributed by atoms with E-state index in [0.717, 1.165) is 38.1 Å². The van der Waals surface area contributed by atoms with Crippen LogP contribution in [0, 0.1) is 6.92 Å². The number of anilines is 1. The van der Waals surface area contributed by atoms with E-state index >= 15 is 0 Å². The van der Waals surface area contributed by atoms with Crippen molar-refractivity contribution < 1.29 is 4.79 Å². The molecule has 0 unspecified atom stereocenters. The topological polar surface area (TPSA) is 57.8 Å². The van der Waals surface area contributed by atoms with Crippen molar-refractivity contribution in [1.29, 1.82) is 0 Å². The molecule has 4 aromatic rings. The Labute approximate surface area is 165 Å². The molecule has 0 atom stereocenters. The molecule has 0 saturated heterocycles. The molecule has 134 valence electrons. The van der Waals surface area contributed by atoms with E-state index in [1.807, 2.05) is 54.6 Å². The fourth-order valence-electron chi connectivity index (χ4n) is 3.01. The number of benzene rings is 3. The van der Waals surface area contributed by atoms with E-state index in [2.05, 4.69) is 50.3 Å². The number of aromatic amines is 1. The van der Waals surface area contributed by atoms with E-state index in [0.29, 0.717) is 6.42 Å². The van der Waals surface area contributed by atoms with Crippen molar-refractivity contribution in [2.75, 3.05) is 5.32 Å².